The minimum absolute atomic E-state index is 0.0364. The molecule has 0 fully saturated rings. The number of alkyl carbamates (subject to hydrolysis) is 1. The largest absolute Gasteiger partial charge is 0.472 e. The number of nitrogens with zero attached hydrogens (tertiary/aromatic N) is 2. The lowest BCUT2D eigenvalue weighted by Crippen LogP contribution is -2.23. The van der Waals surface area contributed by atoms with E-state index in [-0.39, 0.29) is 6.54 Å². The number of benzene rings is 1. The predicted octanol–water partition coefficient (Wildman–Crippen LogP) is 3.84. The number of carbonyl (C=O) groups is 1. The summed E-state index contributed by atoms with van der Waals surface area (Å²) >= 11 is 0. The number of rotatable bonds is 4. The molecule has 0 saturated carbocycles. The number of fused-ring (bicyclic) bond motifs is 1. The smallest absolute Gasteiger partial charge is 0.407 e. The standard InChI is InChI=1S/C20H18FN3O3/c1-26-20(25)22-11-14-10-15(3-5-18(14)21)24-8-6-19(23-24)17-4-2-13-12-27-9-7-16(13)17/h3,5-10,12H,2,4,11H2,1H3,(H,22,25). The van der Waals surface area contributed by atoms with Crippen LogP contribution in [0.1, 0.15) is 24.1 Å². The van der Waals surface area contributed by atoms with Crippen LogP contribution in [0.4, 0.5) is 9.18 Å². The number of nitrogens with one attached hydrogen (secondary N) is 1. The van der Waals surface area contributed by atoms with Crippen LogP contribution in [0.25, 0.3) is 11.3 Å². The Labute approximate surface area is 155 Å². The molecule has 138 valence electrons. The van der Waals surface area contributed by atoms with Crippen LogP contribution in [0.5, 0.6) is 0 Å². The first-order valence-electron chi connectivity index (χ1n) is 8.57. The topological polar surface area (TPSA) is 65.4 Å². The second-order valence-electron chi connectivity index (χ2n) is 6.24. The molecular weight excluding hydrogens is 349 g/mol. The molecule has 2 heterocycles. The molecule has 0 bridgehead atoms. The zero-order valence-electron chi connectivity index (χ0n) is 14.7. The predicted molar refractivity (Wildman–Crippen MR) is 97.2 cm³/mol. The van der Waals surface area contributed by atoms with Gasteiger partial charge in [-0.2, -0.15) is 5.10 Å². The van der Waals surface area contributed by atoms with Crippen molar-refractivity contribution in [1.29, 1.82) is 0 Å². The molecule has 1 aliphatic heterocycles. The maximum Gasteiger partial charge on any atom is 0.407 e. The van der Waals surface area contributed by atoms with Gasteiger partial charge in [-0.1, -0.05) is 0 Å². The summed E-state index contributed by atoms with van der Waals surface area (Å²) < 4.78 is 25.5. The van der Waals surface area contributed by atoms with Gasteiger partial charge in [-0.05, 0) is 59.9 Å². The van der Waals surface area contributed by atoms with E-state index in [9.17, 15) is 9.18 Å². The average molecular weight is 367 g/mol. The zero-order chi connectivity index (χ0) is 18.8. The highest BCUT2D eigenvalue weighted by Gasteiger charge is 2.23. The van der Waals surface area contributed by atoms with Crippen LogP contribution in [0.2, 0.25) is 0 Å². The van der Waals surface area contributed by atoms with Crippen LogP contribution in [0.3, 0.4) is 0 Å². The molecule has 1 aromatic heterocycles. The van der Waals surface area contributed by atoms with Gasteiger partial charge in [0.25, 0.3) is 0 Å². The van der Waals surface area contributed by atoms with Crippen LogP contribution in [-0.2, 0) is 16.0 Å². The summed E-state index contributed by atoms with van der Waals surface area (Å²) in [4.78, 5) is 11.2. The minimum Gasteiger partial charge on any atom is -0.472 e. The monoisotopic (exact) mass is 367 g/mol. The van der Waals surface area contributed by atoms with Gasteiger partial charge in [0.05, 0.1) is 31.0 Å². The zero-order valence-corrected chi connectivity index (χ0v) is 14.7. The Morgan fingerprint density at radius 3 is 3.11 bits per heavy atom. The highest BCUT2D eigenvalue weighted by Crippen LogP contribution is 2.39. The number of ether oxygens (including phenoxy) is 2. The third-order valence-electron chi connectivity index (χ3n) is 4.64. The Balaban J connectivity index is 1.60. The molecular formula is C20H18FN3O3. The number of hydrogen-bond donors (Lipinski definition) is 1. The van der Waals surface area contributed by atoms with Crippen LogP contribution >= 0.6 is 0 Å². The van der Waals surface area contributed by atoms with E-state index < -0.39 is 11.9 Å². The molecule has 0 radical (unpaired) electrons. The maximum atomic E-state index is 14.0. The number of halogens is 1. The SMILES string of the molecule is COC(=O)NCc1cc(-n2ccc(C3=C4C=COC=C4CC3)n2)ccc1F. The number of amides is 1. The summed E-state index contributed by atoms with van der Waals surface area (Å²) in [5.41, 5.74) is 5.47. The number of aromatic nitrogens is 2. The van der Waals surface area contributed by atoms with Crippen LogP contribution in [0, 0.1) is 5.82 Å². The van der Waals surface area contributed by atoms with Crippen LogP contribution < -0.4 is 5.32 Å². The van der Waals surface area contributed by atoms with Crippen molar-refractivity contribution in [1.82, 2.24) is 15.1 Å². The Bertz CT molecular complexity index is 988. The first kappa shape index (κ1) is 17.1. The fraction of sp³-hybridized carbons (Fsp3) is 0.200. The van der Waals surface area contributed by atoms with E-state index in [0.29, 0.717) is 11.3 Å². The van der Waals surface area contributed by atoms with Crippen molar-refractivity contribution < 1.29 is 18.7 Å². The van der Waals surface area contributed by atoms with E-state index >= 15 is 0 Å². The molecule has 1 aliphatic carbocycles. The Morgan fingerprint density at radius 2 is 2.26 bits per heavy atom. The number of methoxy groups -OCH3 is 1. The van der Waals surface area contributed by atoms with Gasteiger partial charge >= 0.3 is 6.09 Å². The third-order valence-corrected chi connectivity index (χ3v) is 4.64. The van der Waals surface area contributed by atoms with Crippen molar-refractivity contribution in [2.75, 3.05) is 7.11 Å². The summed E-state index contributed by atoms with van der Waals surface area (Å²) in [7, 11) is 1.26. The molecule has 0 unspecified atom stereocenters. The van der Waals surface area contributed by atoms with Crippen LogP contribution in [-0.4, -0.2) is 23.0 Å². The lowest BCUT2D eigenvalue weighted by molar-refractivity contribution is 0.170. The quantitative estimate of drug-likeness (QED) is 0.892. The second-order valence-corrected chi connectivity index (χ2v) is 6.24. The minimum atomic E-state index is -0.607. The lowest BCUT2D eigenvalue weighted by Gasteiger charge is -2.08. The summed E-state index contributed by atoms with van der Waals surface area (Å²) in [6, 6.07) is 6.63. The summed E-state index contributed by atoms with van der Waals surface area (Å²) in [5.74, 6) is -0.398. The molecule has 0 atom stereocenters. The fourth-order valence-electron chi connectivity index (χ4n) is 3.26. The molecule has 0 saturated heterocycles. The summed E-state index contributed by atoms with van der Waals surface area (Å²) in [6.07, 6.45) is 8.49. The van der Waals surface area contributed by atoms with E-state index in [0.717, 1.165) is 24.1 Å². The molecule has 2 aromatic rings. The molecule has 4 rings (SSSR count). The van der Waals surface area contributed by atoms with Gasteiger partial charge in [-0.25, -0.2) is 13.9 Å². The Kier molecular flexibility index (Phi) is 4.50. The average Bonchev–Trinajstić information content (AvgIpc) is 3.34. The van der Waals surface area contributed by atoms with E-state index in [1.54, 1.807) is 29.3 Å². The van der Waals surface area contributed by atoms with E-state index in [1.807, 2.05) is 18.3 Å². The van der Waals surface area contributed by atoms with Crippen molar-refractivity contribution in [3.63, 3.8) is 0 Å². The Morgan fingerprint density at radius 1 is 1.37 bits per heavy atom. The van der Waals surface area contributed by atoms with Crippen molar-refractivity contribution in [3.8, 4) is 5.69 Å². The normalized spacial score (nSPS) is 15.3. The number of carbonyl (C=O) groups excluding carboxylic acids is 1. The van der Waals surface area contributed by atoms with Gasteiger partial charge in [0.1, 0.15) is 5.82 Å². The van der Waals surface area contributed by atoms with E-state index in [1.165, 1.54) is 24.3 Å². The molecule has 27 heavy (non-hydrogen) atoms. The van der Waals surface area contributed by atoms with Gasteiger partial charge < -0.3 is 14.8 Å². The third kappa shape index (κ3) is 3.36. The number of hydrogen-bond acceptors (Lipinski definition) is 4. The molecule has 2 aliphatic rings. The van der Waals surface area contributed by atoms with Crippen molar-refractivity contribution in [2.45, 2.75) is 19.4 Å². The van der Waals surface area contributed by atoms with E-state index in [2.05, 4.69) is 15.2 Å². The second kappa shape index (κ2) is 7.11. The highest BCUT2D eigenvalue weighted by molar-refractivity contribution is 5.77. The molecule has 1 aromatic carbocycles. The van der Waals surface area contributed by atoms with Crippen LogP contribution in [0.15, 0.2) is 60.2 Å². The first-order valence-corrected chi connectivity index (χ1v) is 8.57. The summed E-state index contributed by atoms with van der Waals surface area (Å²) in [5, 5.41) is 7.14. The fourth-order valence-corrected chi connectivity index (χ4v) is 3.26. The first-order chi connectivity index (χ1) is 13.2. The summed E-state index contributed by atoms with van der Waals surface area (Å²) in [6.45, 7) is 0.0364. The molecule has 7 heteroatoms. The van der Waals surface area contributed by atoms with Gasteiger partial charge in [-0.3, -0.25) is 0 Å². The van der Waals surface area contributed by atoms with E-state index in [4.69, 9.17) is 4.74 Å². The number of allylic oxidation sites excluding steroid dienone is 4. The van der Waals surface area contributed by atoms with Gasteiger partial charge in [-0.15, -0.1) is 0 Å². The highest BCUT2D eigenvalue weighted by atomic mass is 19.1. The van der Waals surface area contributed by atoms with Gasteiger partial charge in [0.2, 0.25) is 0 Å². The molecule has 0 spiro atoms. The van der Waals surface area contributed by atoms with Gasteiger partial charge in [0, 0.05) is 18.3 Å². The van der Waals surface area contributed by atoms with Crippen molar-refractivity contribution >= 4 is 11.7 Å². The van der Waals surface area contributed by atoms with Crippen molar-refractivity contribution in [2.24, 2.45) is 0 Å². The molecule has 6 nitrogen and oxygen atoms in total. The maximum absolute atomic E-state index is 14.0. The Hall–Kier alpha value is -3.35. The molecule has 1 amide bonds. The molecule has 1 N–H and O–H groups in total. The lowest BCUT2D eigenvalue weighted by atomic mass is 10.1. The van der Waals surface area contributed by atoms with Crippen molar-refractivity contribution in [3.05, 3.63) is 77.3 Å². The van der Waals surface area contributed by atoms with Gasteiger partial charge in [0.15, 0.2) is 0 Å².